The molecule has 1 aliphatic heterocycles. The molecule has 0 aromatic heterocycles. The number of nitrogens with zero attached hydrogens (tertiary/aromatic N) is 1. The van der Waals surface area contributed by atoms with Gasteiger partial charge in [0, 0.05) is 32.3 Å². The zero-order valence-corrected chi connectivity index (χ0v) is 11.0. The lowest BCUT2D eigenvalue weighted by molar-refractivity contribution is -0.0694. The maximum Gasteiger partial charge on any atom is 0.146 e. The van der Waals surface area contributed by atoms with Crippen LogP contribution in [-0.4, -0.2) is 55.2 Å². The van der Waals surface area contributed by atoms with Crippen LogP contribution in [0.25, 0.3) is 0 Å². The van der Waals surface area contributed by atoms with Crippen LogP contribution in [0.1, 0.15) is 19.3 Å². The van der Waals surface area contributed by atoms with Gasteiger partial charge >= 0.3 is 0 Å². The minimum absolute atomic E-state index is 0.0192. The topological polar surface area (TPSA) is 41.9 Å². The molecule has 1 saturated heterocycles. The zero-order valence-electron chi connectivity index (χ0n) is 11.0. The van der Waals surface area contributed by atoms with Crippen molar-refractivity contribution in [3.8, 4) is 0 Å². The molecule has 1 N–H and O–H groups in total. The van der Waals surface area contributed by atoms with Gasteiger partial charge in [-0.1, -0.05) is 24.3 Å². The van der Waals surface area contributed by atoms with Crippen LogP contribution < -0.4 is 0 Å². The first kappa shape index (κ1) is 13.7. The number of likely N-dealkylation sites (tertiary alicyclic amines) is 1. The van der Waals surface area contributed by atoms with Gasteiger partial charge in [-0.2, -0.15) is 0 Å². The molecule has 1 aliphatic carbocycles. The largest absolute Gasteiger partial charge is 0.396 e. The number of aliphatic hydroxyl groups excluding tert-OH is 1. The molecule has 2 aliphatic rings. The molecule has 4 heteroatoms. The van der Waals surface area contributed by atoms with Crippen LogP contribution in [0.15, 0.2) is 24.3 Å². The average Bonchev–Trinajstić information content (AvgIpc) is 2.87. The fourth-order valence-corrected chi connectivity index (χ4v) is 2.86. The van der Waals surface area contributed by atoms with Crippen molar-refractivity contribution in [2.75, 3.05) is 33.6 Å². The SMILES string of the molecule is COCO[C@H]1CCN([C@]2(CCO)C=CC=CC2)C1. The van der Waals surface area contributed by atoms with Crippen LogP contribution in [0.4, 0.5) is 0 Å². The molecule has 0 aromatic carbocycles. The second-order valence-electron chi connectivity index (χ2n) is 5.00. The second-order valence-corrected chi connectivity index (χ2v) is 5.00. The van der Waals surface area contributed by atoms with Crippen molar-refractivity contribution in [2.24, 2.45) is 0 Å². The van der Waals surface area contributed by atoms with Crippen LogP contribution >= 0.6 is 0 Å². The molecular formula is C14H23NO3. The van der Waals surface area contributed by atoms with E-state index in [1.54, 1.807) is 7.11 Å². The third kappa shape index (κ3) is 3.01. The first-order valence-corrected chi connectivity index (χ1v) is 6.61. The van der Waals surface area contributed by atoms with E-state index in [0.29, 0.717) is 6.79 Å². The van der Waals surface area contributed by atoms with Crippen LogP contribution in [0, 0.1) is 0 Å². The Morgan fingerprint density at radius 3 is 3.00 bits per heavy atom. The lowest BCUT2D eigenvalue weighted by Gasteiger charge is -2.40. The average molecular weight is 253 g/mol. The van der Waals surface area contributed by atoms with E-state index in [0.717, 1.165) is 32.4 Å². The van der Waals surface area contributed by atoms with Crippen molar-refractivity contribution in [1.82, 2.24) is 4.90 Å². The van der Waals surface area contributed by atoms with Gasteiger partial charge in [0.2, 0.25) is 0 Å². The Morgan fingerprint density at radius 2 is 2.33 bits per heavy atom. The van der Waals surface area contributed by atoms with Gasteiger partial charge in [-0.15, -0.1) is 0 Å². The van der Waals surface area contributed by atoms with Crippen molar-refractivity contribution in [3.05, 3.63) is 24.3 Å². The van der Waals surface area contributed by atoms with Gasteiger partial charge in [-0.3, -0.25) is 4.90 Å². The minimum Gasteiger partial charge on any atom is -0.396 e. The Kier molecular flexibility index (Phi) is 4.95. The van der Waals surface area contributed by atoms with Gasteiger partial charge in [0.05, 0.1) is 6.10 Å². The van der Waals surface area contributed by atoms with Crippen molar-refractivity contribution >= 4 is 0 Å². The second kappa shape index (κ2) is 6.48. The summed E-state index contributed by atoms with van der Waals surface area (Å²) in [5.74, 6) is 0. The lowest BCUT2D eigenvalue weighted by Crippen LogP contribution is -2.47. The van der Waals surface area contributed by atoms with Gasteiger partial charge in [0.1, 0.15) is 6.79 Å². The van der Waals surface area contributed by atoms with E-state index in [9.17, 15) is 5.11 Å². The summed E-state index contributed by atoms with van der Waals surface area (Å²) in [6, 6.07) is 0. The molecule has 0 unspecified atom stereocenters. The summed E-state index contributed by atoms with van der Waals surface area (Å²) >= 11 is 0. The molecule has 18 heavy (non-hydrogen) atoms. The van der Waals surface area contributed by atoms with Crippen molar-refractivity contribution in [3.63, 3.8) is 0 Å². The highest BCUT2D eigenvalue weighted by atomic mass is 16.7. The summed E-state index contributed by atoms with van der Waals surface area (Å²) in [5, 5.41) is 9.32. The van der Waals surface area contributed by atoms with Crippen molar-refractivity contribution in [1.29, 1.82) is 0 Å². The predicted molar refractivity (Wildman–Crippen MR) is 70.3 cm³/mol. The van der Waals surface area contributed by atoms with Gasteiger partial charge in [0.25, 0.3) is 0 Å². The maximum absolute atomic E-state index is 9.32. The first-order valence-electron chi connectivity index (χ1n) is 6.61. The molecule has 1 fully saturated rings. The minimum atomic E-state index is -0.0192. The zero-order chi connectivity index (χ0) is 12.8. The molecule has 0 bridgehead atoms. The molecule has 0 radical (unpaired) electrons. The fraction of sp³-hybridized carbons (Fsp3) is 0.714. The molecular weight excluding hydrogens is 230 g/mol. The van der Waals surface area contributed by atoms with Gasteiger partial charge < -0.3 is 14.6 Å². The maximum atomic E-state index is 9.32. The molecule has 0 aromatic rings. The van der Waals surface area contributed by atoms with E-state index in [1.807, 2.05) is 0 Å². The number of ether oxygens (including phenoxy) is 2. The van der Waals surface area contributed by atoms with Crippen LogP contribution in [0.3, 0.4) is 0 Å². The van der Waals surface area contributed by atoms with Crippen LogP contribution in [0.2, 0.25) is 0 Å². The summed E-state index contributed by atoms with van der Waals surface area (Å²) in [5.41, 5.74) is -0.0192. The van der Waals surface area contributed by atoms with Crippen LogP contribution in [0.5, 0.6) is 0 Å². The molecule has 102 valence electrons. The van der Waals surface area contributed by atoms with E-state index in [4.69, 9.17) is 9.47 Å². The summed E-state index contributed by atoms with van der Waals surface area (Å²) < 4.78 is 10.6. The third-order valence-corrected chi connectivity index (χ3v) is 3.87. The number of hydrogen-bond donors (Lipinski definition) is 1. The van der Waals surface area contributed by atoms with E-state index in [-0.39, 0.29) is 18.2 Å². The number of aliphatic hydroxyl groups is 1. The molecule has 2 rings (SSSR count). The Balaban J connectivity index is 1.96. The first-order chi connectivity index (χ1) is 8.80. The van der Waals surface area contributed by atoms with Crippen molar-refractivity contribution in [2.45, 2.75) is 30.9 Å². The molecule has 2 atom stereocenters. The number of rotatable bonds is 6. The Morgan fingerprint density at radius 1 is 1.44 bits per heavy atom. The monoisotopic (exact) mass is 253 g/mol. The third-order valence-electron chi connectivity index (χ3n) is 3.87. The number of allylic oxidation sites excluding steroid dienone is 2. The summed E-state index contributed by atoms with van der Waals surface area (Å²) in [7, 11) is 1.65. The molecule has 0 amide bonds. The van der Waals surface area contributed by atoms with Gasteiger partial charge in [-0.05, 0) is 19.3 Å². The Labute approximate surface area is 109 Å². The molecule has 4 nitrogen and oxygen atoms in total. The summed E-state index contributed by atoms with van der Waals surface area (Å²) in [6.45, 7) is 2.52. The molecule has 0 spiro atoms. The summed E-state index contributed by atoms with van der Waals surface area (Å²) in [6.07, 6.45) is 11.6. The number of methoxy groups -OCH3 is 1. The summed E-state index contributed by atoms with van der Waals surface area (Å²) in [4.78, 5) is 2.43. The van der Waals surface area contributed by atoms with E-state index < -0.39 is 0 Å². The van der Waals surface area contributed by atoms with Crippen LogP contribution in [-0.2, 0) is 9.47 Å². The van der Waals surface area contributed by atoms with E-state index in [1.165, 1.54) is 0 Å². The number of hydrogen-bond acceptors (Lipinski definition) is 4. The lowest BCUT2D eigenvalue weighted by atomic mass is 9.86. The smallest absolute Gasteiger partial charge is 0.146 e. The Bertz CT molecular complexity index is 316. The highest BCUT2D eigenvalue weighted by Gasteiger charge is 2.38. The fourth-order valence-electron chi connectivity index (χ4n) is 2.86. The van der Waals surface area contributed by atoms with Gasteiger partial charge in [-0.25, -0.2) is 0 Å². The predicted octanol–water partition coefficient (Wildman–Crippen LogP) is 1.32. The molecule has 0 saturated carbocycles. The molecule has 1 heterocycles. The highest BCUT2D eigenvalue weighted by molar-refractivity contribution is 5.22. The standard InChI is InChI=1S/C14H23NO3/c1-17-12-18-13-5-9-15(11-13)14(8-10-16)6-3-2-4-7-14/h2-4,6,13,16H,5,7-12H2,1H3/t13-,14+/m0/s1. The Hall–Kier alpha value is -0.680. The highest BCUT2D eigenvalue weighted by Crippen LogP contribution is 2.32. The van der Waals surface area contributed by atoms with E-state index >= 15 is 0 Å². The van der Waals surface area contributed by atoms with Gasteiger partial charge in [0.15, 0.2) is 0 Å². The normalized spacial score (nSPS) is 32.2. The quantitative estimate of drug-likeness (QED) is 0.725. The van der Waals surface area contributed by atoms with Crippen molar-refractivity contribution < 1.29 is 14.6 Å². The van der Waals surface area contributed by atoms with E-state index in [2.05, 4.69) is 29.2 Å².